The van der Waals surface area contributed by atoms with Crippen LogP contribution in [0.2, 0.25) is 4.34 Å². The highest BCUT2D eigenvalue weighted by molar-refractivity contribution is 7.18. The Labute approximate surface area is 175 Å². The molecule has 0 aliphatic heterocycles. The zero-order valence-corrected chi connectivity index (χ0v) is 16.5. The highest BCUT2D eigenvalue weighted by atomic mass is 35.5. The van der Waals surface area contributed by atoms with Gasteiger partial charge >= 0.3 is 0 Å². The Bertz CT molecular complexity index is 1120. The predicted octanol–water partition coefficient (Wildman–Crippen LogP) is 5.33. The lowest BCUT2D eigenvalue weighted by Crippen LogP contribution is -2.09. The number of aromatic nitrogens is 3. The minimum absolute atomic E-state index is 0.191. The molecular formula is C20H15ClN6OS. The van der Waals surface area contributed by atoms with Gasteiger partial charge in [-0.15, -0.1) is 11.3 Å². The fraction of sp³-hybridized carbons (Fsp3) is 0. The van der Waals surface area contributed by atoms with Gasteiger partial charge in [0.1, 0.15) is 23.8 Å². The number of thiophene rings is 1. The van der Waals surface area contributed by atoms with Crippen LogP contribution in [0.15, 0.2) is 73.2 Å². The number of halogens is 1. The number of pyridine rings is 1. The Morgan fingerprint density at radius 3 is 2.28 bits per heavy atom. The van der Waals surface area contributed by atoms with Crippen molar-refractivity contribution in [1.82, 2.24) is 15.0 Å². The molecule has 0 saturated heterocycles. The number of hydrogen-bond donors (Lipinski definition) is 3. The molecule has 0 unspecified atom stereocenters. The van der Waals surface area contributed by atoms with Crippen molar-refractivity contribution < 1.29 is 4.79 Å². The first-order chi connectivity index (χ1) is 14.2. The minimum atomic E-state index is -0.191. The molecule has 0 aliphatic rings. The molecule has 9 heteroatoms. The second-order valence-corrected chi connectivity index (χ2v) is 7.60. The predicted molar refractivity (Wildman–Crippen MR) is 117 cm³/mol. The average molecular weight is 423 g/mol. The van der Waals surface area contributed by atoms with Crippen molar-refractivity contribution >= 4 is 57.7 Å². The Kier molecular flexibility index (Phi) is 5.64. The summed E-state index contributed by atoms with van der Waals surface area (Å²) in [6, 6.07) is 18.1. The normalized spacial score (nSPS) is 10.4. The van der Waals surface area contributed by atoms with Crippen LogP contribution in [0.3, 0.4) is 0 Å². The molecule has 3 heterocycles. The fourth-order valence-electron chi connectivity index (χ4n) is 2.48. The minimum Gasteiger partial charge on any atom is -0.340 e. The van der Waals surface area contributed by atoms with Crippen LogP contribution in [-0.2, 0) is 0 Å². The van der Waals surface area contributed by atoms with Gasteiger partial charge in [0.15, 0.2) is 0 Å². The molecule has 3 aromatic heterocycles. The van der Waals surface area contributed by atoms with Crippen molar-refractivity contribution in [2.24, 2.45) is 0 Å². The van der Waals surface area contributed by atoms with Gasteiger partial charge in [-0.2, -0.15) is 0 Å². The Morgan fingerprint density at radius 2 is 1.59 bits per heavy atom. The molecule has 0 bridgehead atoms. The lowest BCUT2D eigenvalue weighted by Gasteiger charge is -2.09. The van der Waals surface area contributed by atoms with Crippen LogP contribution >= 0.6 is 22.9 Å². The average Bonchev–Trinajstić information content (AvgIpc) is 3.17. The quantitative estimate of drug-likeness (QED) is 0.389. The maximum absolute atomic E-state index is 12.2. The summed E-state index contributed by atoms with van der Waals surface area (Å²) >= 11 is 7.11. The van der Waals surface area contributed by atoms with Gasteiger partial charge in [-0.25, -0.2) is 15.0 Å². The van der Waals surface area contributed by atoms with Crippen LogP contribution in [0.5, 0.6) is 0 Å². The third-order valence-electron chi connectivity index (χ3n) is 3.80. The Balaban J connectivity index is 1.40. The summed E-state index contributed by atoms with van der Waals surface area (Å²) in [6.07, 6.45) is 3.17. The van der Waals surface area contributed by atoms with Crippen LogP contribution in [0.1, 0.15) is 9.67 Å². The van der Waals surface area contributed by atoms with Crippen LogP contribution in [0.4, 0.5) is 28.8 Å². The summed E-state index contributed by atoms with van der Waals surface area (Å²) in [5.41, 5.74) is 1.51. The lowest BCUT2D eigenvalue weighted by molar-refractivity contribution is 0.103. The molecule has 4 aromatic rings. The summed E-state index contributed by atoms with van der Waals surface area (Å²) < 4.78 is 0.580. The van der Waals surface area contributed by atoms with Crippen molar-refractivity contribution in [2.45, 2.75) is 0 Å². The number of carbonyl (C=O) groups is 1. The van der Waals surface area contributed by atoms with E-state index in [1.807, 2.05) is 42.5 Å². The molecule has 4 rings (SSSR count). The van der Waals surface area contributed by atoms with E-state index in [1.165, 1.54) is 17.7 Å². The van der Waals surface area contributed by atoms with E-state index in [9.17, 15) is 4.79 Å². The fourth-order valence-corrected chi connectivity index (χ4v) is 3.41. The van der Waals surface area contributed by atoms with E-state index in [1.54, 1.807) is 24.4 Å². The number of nitrogens with one attached hydrogen (secondary N) is 3. The number of benzene rings is 1. The smallest absolute Gasteiger partial charge is 0.265 e. The Morgan fingerprint density at radius 1 is 0.828 bits per heavy atom. The third kappa shape index (κ3) is 5.07. The van der Waals surface area contributed by atoms with Crippen molar-refractivity contribution in [3.63, 3.8) is 0 Å². The number of amides is 1. The second-order valence-electron chi connectivity index (χ2n) is 5.89. The molecule has 1 amide bonds. The molecule has 1 aromatic carbocycles. The molecule has 0 aliphatic carbocycles. The van der Waals surface area contributed by atoms with E-state index < -0.39 is 0 Å². The molecule has 0 atom stereocenters. The maximum atomic E-state index is 12.2. The largest absolute Gasteiger partial charge is 0.340 e. The number of hydrogen-bond acceptors (Lipinski definition) is 7. The first-order valence-corrected chi connectivity index (χ1v) is 9.79. The molecule has 0 spiro atoms. The standard InChI is InChI=1S/C20H15ClN6OS/c21-16-9-8-15(29-16)20(28)26-14-6-4-13(5-7-14)25-18-11-19(24-12-23-18)27-17-3-1-2-10-22-17/h1-12H,(H,26,28)(H2,22,23,24,25,27). The van der Waals surface area contributed by atoms with Crippen molar-refractivity contribution in [3.8, 4) is 0 Å². The van der Waals surface area contributed by atoms with Gasteiger partial charge in [0.05, 0.1) is 9.21 Å². The van der Waals surface area contributed by atoms with Crippen molar-refractivity contribution in [2.75, 3.05) is 16.0 Å². The number of carbonyl (C=O) groups excluding carboxylic acids is 1. The summed E-state index contributed by atoms with van der Waals surface area (Å²) in [5.74, 6) is 1.76. The highest BCUT2D eigenvalue weighted by Gasteiger charge is 2.09. The monoisotopic (exact) mass is 422 g/mol. The zero-order valence-electron chi connectivity index (χ0n) is 15.0. The van der Waals surface area contributed by atoms with Crippen LogP contribution in [0, 0.1) is 0 Å². The van der Waals surface area contributed by atoms with Gasteiger partial charge in [0.2, 0.25) is 0 Å². The van der Waals surface area contributed by atoms with E-state index >= 15 is 0 Å². The lowest BCUT2D eigenvalue weighted by atomic mass is 10.2. The molecule has 144 valence electrons. The maximum Gasteiger partial charge on any atom is 0.265 e. The molecule has 0 fully saturated rings. The van der Waals surface area contributed by atoms with E-state index in [0.717, 1.165) is 5.69 Å². The SMILES string of the molecule is O=C(Nc1ccc(Nc2cc(Nc3ccccn3)ncn2)cc1)c1ccc(Cl)s1. The second kappa shape index (κ2) is 8.68. The number of nitrogens with zero attached hydrogens (tertiary/aromatic N) is 3. The zero-order chi connectivity index (χ0) is 20.1. The number of rotatable bonds is 6. The summed E-state index contributed by atoms with van der Waals surface area (Å²) in [7, 11) is 0. The molecule has 0 radical (unpaired) electrons. The third-order valence-corrected chi connectivity index (χ3v) is 5.03. The van der Waals surface area contributed by atoms with Crippen LogP contribution < -0.4 is 16.0 Å². The first-order valence-electron chi connectivity index (χ1n) is 8.59. The first kappa shape index (κ1) is 18.9. The molecule has 7 nitrogen and oxygen atoms in total. The van der Waals surface area contributed by atoms with Gasteiger partial charge in [-0.05, 0) is 48.5 Å². The van der Waals surface area contributed by atoms with Crippen molar-refractivity contribution in [3.05, 3.63) is 82.4 Å². The van der Waals surface area contributed by atoms with E-state index in [4.69, 9.17) is 11.6 Å². The van der Waals surface area contributed by atoms with Gasteiger partial charge in [-0.1, -0.05) is 17.7 Å². The summed E-state index contributed by atoms with van der Waals surface area (Å²) in [6.45, 7) is 0. The van der Waals surface area contributed by atoms with Crippen LogP contribution in [0.25, 0.3) is 0 Å². The summed E-state index contributed by atoms with van der Waals surface area (Å²) in [4.78, 5) is 25.4. The van der Waals surface area contributed by atoms with Gasteiger partial charge in [-0.3, -0.25) is 4.79 Å². The van der Waals surface area contributed by atoms with E-state index in [0.29, 0.717) is 32.4 Å². The van der Waals surface area contributed by atoms with E-state index in [-0.39, 0.29) is 5.91 Å². The summed E-state index contributed by atoms with van der Waals surface area (Å²) in [5, 5.41) is 9.17. The number of anilines is 5. The van der Waals surface area contributed by atoms with Crippen LogP contribution in [-0.4, -0.2) is 20.9 Å². The topological polar surface area (TPSA) is 91.8 Å². The molecular weight excluding hydrogens is 408 g/mol. The molecule has 3 N–H and O–H groups in total. The van der Waals surface area contributed by atoms with Gasteiger partial charge < -0.3 is 16.0 Å². The molecule has 29 heavy (non-hydrogen) atoms. The Hall–Kier alpha value is -3.49. The van der Waals surface area contributed by atoms with Crippen molar-refractivity contribution in [1.29, 1.82) is 0 Å². The van der Waals surface area contributed by atoms with E-state index in [2.05, 4.69) is 30.9 Å². The highest BCUT2D eigenvalue weighted by Crippen LogP contribution is 2.23. The van der Waals surface area contributed by atoms with Gasteiger partial charge in [0, 0.05) is 23.6 Å². The van der Waals surface area contributed by atoms with Gasteiger partial charge in [0.25, 0.3) is 5.91 Å². The molecule has 0 saturated carbocycles.